The van der Waals surface area contributed by atoms with Crippen LogP contribution in [0.1, 0.15) is 22.3 Å². The molecule has 2 aromatic carbocycles. The van der Waals surface area contributed by atoms with Gasteiger partial charge < -0.3 is 0 Å². The van der Waals surface area contributed by atoms with Crippen molar-refractivity contribution in [2.45, 2.75) is 13.1 Å². The van der Waals surface area contributed by atoms with Gasteiger partial charge in [-0.3, -0.25) is 0 Å². The van der Waals surface area contributed by atoms with Crippen molar-refractivity contribution in [3.8, 4) is 11.8 Å². The van der Waals surface area contributed by atoms with E-state index in [1.54, 1.807) is 0 Å². The first kappa shape index (κ1) is 14.5. The third kappa shape index (κ3) is 3.55. The van der Waals surface area contributed by atoms with E-state index in [0.29, 0.717) is 0 Å². The molecule has 0 spiro atoms. The number of hydrogen-bond acceptors (Lipinski definition) is 0. The first-order chi connectivity index (χ1) is 9.36. The SMILES string of the molecule is Cc1ccc(C#Cc2ccc(Cl)c(C(F)(F)F)c2)cc1. The molecule has 0 bridgehead atoms. The Morgan fingerprint density at radius 3 is 2.05 bits per heavy atom. The minimum absolute atomic E-state index is 0.280. The van der Waals surface area contributed by atoms with Gasteiger partial charge in [-0.05, 0) is 37.3 Å². The Balaban J connectivity index is 2.34. The van der Waals surface area contributed by atoms with Crippen molar-refractivity contribution in [1.82, 2.24) is 0 Å². The zero-order chi connectivity index (χ0) is 14.8. The van der Waals surface area contributed by atoms with Crippen LogP contribution in [0.5, 0.6) is 0 Å². The summed E-state index contributed by atoms with van der Waals surface area (Å²) < 4.78 is 38.1. The van der Waals surface area contributed by atoms with Gasteiger partial charge in [-0.2, -0.15) is 13.2 Å². The van der Waals surface area contributed by atoms with Crippen LogP contribution in [0.25, 0.3) is 0 Å². The van der Waals surface area contributed by atoms with Gasteiger partial charge >= 0.3 is 6.18 Å². The summed E-state index contributed by atoms with van der Waals surface area (Å²) >= 11 is 5.55. The molecular weight excluding hydrogens is 285 g/mol. The van der Waals surface area contributed by atoms with Gasteiger partial charge in [0.05, 0.1) is 10.6 Å². The second-order valence-corrected chi connectivity index (χ2v) is 4.72. The maximum Gasteiger partial charge on any atom is 0.417 e. The van der Waals surface area contributed by atoms with Crippen molar-refractivity contribution in [2.24, 2.45) is 0 Å². The van der Waals surface area contributed by atoms with Crippen molar-refractivity contribution < 1.29 is 13.2 Å². The molecule has 102 valence electrons. The zero-order valence-corrected chi connectivity index (χ0v) is 11.3. The van der Waals surface area contributed by atoms with Crippen LogP contribution < -0.4 is 0 Å². The van der Waals surface area contributed by atoms with Crippen molar-refractivity contribution in [3.05, 3.63) is 69.7 Å². The third-order valence-electron chi connectivity index (χ3n) is 2.67. The molecule has 0 aliphatic heterocycles. The molecule has 0 radical (unpaired) electrons. The fraction of sp³-hybridized carbons (Fsp3) is 0.125. The highest BCUT2D eigenvalue weighted by molar-refractivity contribution is 6.31. The van der Waals surface area contributed by atoms with Crippen LogP contribution in [0, 0.1) is 18.8 Å². The van der Waals surface area contributed by atoms with Crippen LogP contribution in [0.2, 0.25) is 5.02 Å². The van der Waals surface area contributed by atoms with Crippen molar-refractivity contribution in [1.29, 1.82) is 0 Å². The summed E-state index contributed by atoms with van der Waals surface area (Å²) in [5.74, 6) is 5.54. The number of aryl methyl sites for hydroxylation is 1. The van der Waals surface area contributed by atoms with E-state index in [9.17, 15) is 13.2 Å². The summed E-state index contributed by atoms with van der Waals surface area (Å²) in [6, 6.07) is 11.1. The smallest absolute Gasteiger partial charge is 0.166 e. The van der Waals surface area contributed by atoms with E-state index in [2.05, 4.69) is 11.8 Å². The zero-order valence-electron chi connectivity index (χ0n) is 10.6. The van der Waals surface area contributed by atoms with Crippen molar-refractivity contribution in [3.63, 3.8) is 0 Å². The predicted molar refractivity (Wildman–Crippen MR) is 73.6 cm³/mol. The summed E-state index contributed by atoms with van der Waals surface area (Å²) in [4.78, 5) is 0. The number of hydrogen-bond donors (Lipinski definition) is 0. The molecule has 20 heavy (non-hydrogen) atoms. The highest BCUT2D eigenvalue weighted by Gasteiger charge is 2.33. The molecule has 0 saturated heterocycles. The van der Waals surface area contributed by atoms with Gasteiger partial charge in [0.25, 0.3) is 0 Å². The Kier molecular flexibility index (Phi) is 4.06. The summed E-state index contributed by atoms with van der Waals surface area (Å²) in [5.41, 5.74) is 1.26. The Labute approximate surface area is 120 Å². The molecule has 0 nitrogen and oxygen atoms in total. The summed E-state index contributed by atoms with van der Waals surface area (Å²) in [6.07, 6.45) is -4.47. The van der Waals surface area contributed by atoms with Crippen LogP contribution in [-0.2, 0) is 6.18 Å². The molecule has 4 heteroatoms. The monoisotopic (exact) mass is 294 g/mol. The van der Waals surface area contributed by atoms with Crippen LogP contribution >= 0.6 is 11.6 Å². The Morgan fingerprint density at radius 2 is 1.45 bits per heavy atom. The molecule has 0 unspecified atom stereocenters. The largest absolute Gasteiger partial charge is 0.417 e. The van der Waals surface area contributed by atoms with Gasteiger partial charge in [-0.1, -0.05) is 41.1 Å². The Bertz CT molecular complexity index is 674. The van der Waals surface area contributed by atoms with E-state index in [1.165, 1.54) is 12.1 Å². The number of benzene rings is 2. The van der Waals surface area contributed by atoms with Gasteiger partial charge in [0, 0.05) is 11.1 Å². The standard InChI is InChI=1S/C16H10ClF3/c1-11-2-4-12(5-3-11)6-7-13-8-9-15(17)14(10-13)16(18,19)20/h2-5,8-10H,1H3. The molecule has 0 amide bonds. The van der Waals surface area contributed by atoms with Crippen LogP contribution in [-0.4, -0.2) is 0 Å². The van der Waals surface area contributed by atoms with E-state index in [-0.39, 0.29) is 10.6 Å². The predicted octanol–water partition coefficient (Wildman–Crippen LogP) is 5.07. The maximum absolute atomic E-state index is 12.7. The van der Waals surface area contributed by atoms with Crippen LogP contribution in [0.15, 0.2) is 42.5 Å². The molecule has 2 aromatic rings. The van der Waals surface area contributed by atoms with Gasteiger partial charge in [0.1, 0.15) is 0 Å². The molecular formula is C16H10ClF3. The van der Waals surface area contributed by atoms with E-state index >= 15 is 0 Å². The lowest BCUT2D eigenvalue weighted by atomic mass is 10.1. The van der Waals surface area contributed by atoms with Crippen LogP contribution in [0.3, 0.4) is 0 Å². The van der Waals surface area contributed by atoms with E-state index in [4.69, 9.17) is 11.6 Å². The average molecular weight is 295 g/mol. The molecule has 0 atom stereocenters. The van der Waals surface area contributed by atoms with Gasteiger partial charge in [0.2, 0.25) is 0 Å². The lowest BCUT2D eigenvalue weighted by Gasteiger charge is -2.08. The molecule has 0 fully saturated rings. The van der Waals surface area contributed by atoms with Gasteiger partial charge in [0.15, 0.2) is 0 Å². The lowest BCUT2D eigenvalue weighted by Crippen LogP contribution is -2.06. The molecule has 0 N–H and O–H groups in total. The Hall–Kier alpha value is -1.92. The van der Waals surface area contributed by atoms with E-state index in [0.717, 1.165) is 17.2 Å². The molecule has 2 rings (SSSR count). The first-order valence-corrected chi connectivity index (χ1v) is 6.19. The maximum atomic E-state index is 12.7. The molecule has 0 saturated carbocycles. The minimum atomic E-state index is -4.47. The Morgan fingerprint density at radius 1 is 0.900 bits per heavy atom. The van der Waals surface area contributed by atoms with Gasteiger partial charge in [-0.15, -0.1) is 0 Å². The van der Waals surface area contributed by atoms with Crippen molar-refractivity contribution >= 4 is 11.6 Å². The quantitative estimate of drug-likeness (QED) is 0.595. The number of halogens is 4. The van der Waals surface area contributed by atoms with E-state index in [1.807, 2.05) is 31.2 Å². The number of rotatable bonds is 0. The fourth-order valence-electron chi connectivity index (χ4n) is 1.60. The topological polar surface area (TPSA) is 0 Å². The normalized spacial score (nSPS) is 10.8. The second kappa shape index (κ2) is 5.60. The molecule has 0 aliphatic rings. The summed E-state index contributed by atoms with van der Waals surface area (Å²) in [5, 5.41) is -0.321. The van der Waals surface area contributed by atoms with Crippen LogP contribution in [0.4, 0.5) is 13.2 Å². The van der Waals surface area contributed by atoms with Gasteiger partial charge in [-0.25, -0.2) is 0 Å². The summed E-state index contributed by atoms with van der Waals surface area (Å²) in [6.45, 7) is 1.95. The number of alkyl halides is 3. The van der Waals surface area contributed by atoms with Crippen molar-refractivity contribution in [2.75, 3.05) is 0 Å². The molecule has 0 aliphatic carbocycles. The van der Waals surface area contributed by atoms with E-state index < -0.39 is 11.7 Å². The average Bonchev–Trinajstić information content (AvgIpc) is 2.38. The highest BCUT2D eigenvalue weighted by atomic mass is 35.5. The third-order valence-corrected chi connectivity index (χ3v) is 3.00. The first-order valence-electron chi connectivity index (χ1n) is 5.82. The minimum Gasteiger partial charge on any atom is -0.166 e. The summed E-state index contributed by atoms with van der Waals surface area (Å²) in [7, 11) is 0. The molecule has 0 aromatic heterocycles. The lowest BCUT2D eigenvalue weighted by molar-refractivity contribution is -0.137. The highest BCUT2D eigenvalue weighted by Crippen LogP contribution is 2.34. The molecule has 0 heterocycles. The second-order valence-electron chi connectivity index (χ2n) is 4.31. The fourth-order valence-corrected chi connectivity index (χ4v) is 1.83.